The summed E-state index contributed by atoms with van der Waals surface area (Å²) in [6.07, 6.45) is 1.48. The summed E-state index contributed by atoms with van der Waals surface area (Å²) in [6.45, 7) is 4.01. The Bertz CT molecular complexity index is 640. The van der Waals surface area contributed by atoms with Crippen molar-refractivity contribution in [2.24, 2.45) is 0 Å². The fourth-order valence-electron chi connectivity index (χ4n) is 2.52. The van der Waals surface area contributed by atoms with E-state index in [-0.39, 0.29) is 0 Å². The lowest BCUT2D eigenvalue weighted by Gasteiger charge is -2.18. The highest BCUT2D eigenvalue weighted by Gasteiger charge is 2.17. The smallest absolute Gasteiger partial charge is 0.365 e. The molecule has 0 aliphatic heterocycles. The molecule has 0 aliphatic rings. The standard InChI is InChI=1S/C14H18NO3P/c1-3-9-10(4-2)14(18-19(16)17)12-8-6-5-7-11(12)13(9)15/h5-8,19H,3-4,15H2,1-2H3,(H,16,17). The van der Waals surface area contributed by atoms with Crippen LogP contribution >= 0.6 is 8.25 Å². The third-order valence-electron chi connectivity index (χ3n) is 3.32. The molecule has 0 fully saturated rings. The summed E-state index contributed by atoms with van der Waals surface area (Å²) in [5.41, 5.74) is 8.88. The van der Waals surface area contributed by atoms with Crippen LogP contribution in [0.2, 0.25) is 0 Å². The largest absolute Gasteiger partial charge is 0.425 e. The van der Waals surface area contributed by atoms with Gasteiger partial charge in [-0.3, -0.25) is 0 Å². The first kappa shape index (κ1) is 13.9. The first-order valence-electron chi connectivity index (χ1n) is 6.32. The molecule has 2 rings (SSSR count). The third-order valence-corrected chi connectivity index (χ3v) is 3.70. The lowest BCUT2D eigenvalue weighted by Crippen LogP contribution is -2.02. The van der Waals surface area contributed by atoms with E-state index < -0.39 is 8.25 Å². The number of anilines is 1. The van der Waals surface area contributed by atoms with Gasteiger partial charge in [0, 0.05) is 22.0 Å². The topological polar surface area (TPSA) is 72.5 Å². The second-order valence-corrected chi connectivity index (χ2v) is 5.06. The van der Waals surface area contributed by atoms with E-state index >= 15 is 0 Å². The minimum atomic E-state index is -3.04. The van der Waals surface area contributed by atoms with Crippen LogP contribution in [0.5, 0.6) is 5.75 Å². The SMILES string of the molecule is CCc1c(CC)c(O[PH](=O)O)c2ccccc2c1N. The molecule has 19 heavy (non-hydrogen) atoms. The van der Waals surface area contributed by atoms with Gasteiger partial charge in [-0.25, -0.2) is 4.57 Å². The summed E-state index contributed by atoms with van der Waals surface area (Å²) in [7, 11) is -3.04. The van der Waals surface area contributed by atoms with Crippen molar-refractivity contribution >= 4 is 24.7 Å². The summed E-state index contributed by atoms with van der Waals surface area (Å²) < 4.78 is 16.3. The predicted molar refractivity (Wildman–Crippen MR) is 79.0 cm³/mol. The molecule has 0 radical (unpaired) electrons. The Balaban J connectivity index is 2.87. The average Bonchev–Trinajstić information content (AvgIpc) is 2.41. The molecule has 102 valence electrons. The molecule has 0 heterocycles. The van der Waals surface area contributed by atoms with Crippen molar-refractivity contribution < 1.29 is 14.0 Å². The number of hydrogen-bond acceptors (Lipinski definition) is 3. The summed E-state index contributed by atoms with van der Waals surface area (Å²) in [5.74, 6) is 0.496. The van der Waals surface area contributed by atoms with Gasteiger partial charge in [-0.05, 0) is 18.4 Å². The monoisotopic (exact) mass is 279 g/mol. The molecule has 3 N–H and O–H groups in total. The summed E-state index contributed by atoms with van der Waals surface area (Å²) in [4.78, 5) is 9.11. The van der Waals surface area contributed by atoms with Crippen molar-refractivity contribution in [1.29, 1.82) is 0 Å². The van der Waals surface area contributed by atoms with E-state index in [0.29, 0.717) is 12.2 Å². The van der Waals surface area contributed by atoms with E-state index in [0.717, 1.165) is 34.0 Å². The molecule has 0 saturated carbocycles. The molecule has 4 nitrogen and oxygen atoms in total. The molecular formula is C14H18NO3P. The Morgan fingerprint density at radius 2 is 1.74 bits per heavy atom. The van der Waals surface area contributed by atoms with Crippen LogP contribution in [-0.2, 0) is 17.4 Å². The Kier molecular flexibility index (Phi) is 4.13. The van der Waals surface area contributed by atoms with Crippen molar-refractivity contribution in [3.63, 3.8) is 0 Å². The van der Waals surface area contributed by atoms with E-state index in [1.54, 1.807) is 0 Å². The minimum Gasteiger partial charge on any atom is -0.425 e. The van der Waals surface area contributed by atoms with Crippen LogP contribution in [0.25, 0.3) is 10.8 Å². The molecule has 5 heteroatoms. The number of benzene rings is 2. The molecule has 1 unspecified atom stereocenters. The number of nitrogen functional groups attached to an aromatic ring is 1. The lowest BCUT2D eigenvalue weighted by molar-refractivity contribution is 0.410. The fourth-order valence-corrected chi connectivity index (χ4v) is 2.93. The van der Waals surface area contributed by atoms with Gasteiger partial charge in [-0.2, -0.15) is 0 Å². The first-order chi connectivity index (χ1) is 9.10. The first-order valence-corrected chi connectivity index (χ1v) is 7.59. The van der Waals surface area contributed by atoms with Gasteiger partial charge >= 0.3 is 8.25 Å². The van der Waals surface area contributed by atoms with Crippen LogP contribution in [0.1, 0.15) is 25.0 Å². The van der Waals surface area contributed by atoms with E-state index in [1.807, 2.05) is 38.1 Å². The van der Waals surface area contributed by atoms with Gasteiger partial charge in [0.05, 0.1) is 0 Å². The van der Waals surface area contributed by atoms with E-state index in [9.17, 15) is 4.57 Å². The molecule has 2 aromatic rings. The van der Waals surface area contributed by atoms with Gasteiger partial charge in [0.1, 0.15) is 5.75 Å². The number of nitrogens with two attached hydrogens (primary N) is 1. The zero-order valence-electron chi connectivity index (χ0n) is 11.1. The molecular weight excluding hydrogens is 261 g/mol. The molecule has 0 spiro atoms. The highest BCUT2D eigenvalue weighted by molar-refractivity contribution is 7.32. The summed E-state index contributed by atoms with van der Waals surface area (Å²) in [6, 6.07) is 7.54. The van der Waals surface area contributed by atoms with Gasteiger partial charge in [0.25, 0.3) is 0 Å². The molecule has 0 amide bonds. The summed E-state index contributed by atoms with van der Waals surface area (Å²) in [5, 5.41) is 1.66. The Hall–Kier alpha value is -1.51. The van der Waals surface area contributed by atoms with Crippen LogP contribution in [-0.4, -0.2) is 4.89 Å². The lowest BCUT2D eigenvalue weighted by atomic mass is 9.94. The minimum absolute atomic E-state index is 0.496. The van der Waals surface area contributed by atoms with Gasteiger partial charge in [-0.15, -0.1) is 0 Å². The average molecular weight is 279 g/mol. The second-order valence-electron chi connectivity index (χ2n) is 4.32. The Morgan fingerprint density at radius 3 is 2.26 bits per heavy atom. The zero-order valence-corrected chi connectivity index (χ0v) is 12.1. The van der Waals surface area contributed by atoms with Gasteiger partial charge in [0.15, 0.2) is 0 Å². The number of fused-ring (bicyclic) bond motifs is 1. The van der Waals surface area contributed by atoms with Crippen LogP contribution < -0.4 is 10.3 Å². The van der Waals surface area contributed by atoms with Crippen molar-refractivity contribution in [1.82, 2.24) is 0 Å². The van der Waals surface area contributed by atoms with Crippen LogP contribution in [0, 0.1) is 0 Å². The maximum atomic E-state index is 11.1. The Labute approximate surface area is 113 Å². The maximum absolute atomic E-state index is 11.1. The van der Waals surface area contributed by atoms with E-state index in [1.165, 1.54) is 0 Å². The quantitative estimate of drug-likeness (QED) is 0.665. The molecule has 2 aromatic carbocycles. The van der Waals surface area contributed by atoms with Crippen LogP contribution in [0.3, 0.4) is 0 Å². The van der Waals surface area contributed by atoms with Gasteiger partial charge in [-0.1, -0.05) is 38.1 Å². The zero-order chi connectivity index (χ0) is 14.0. The van der Waals surface area contributed by atoms with Crippen LogP contribution in [0.15, 0.2) is 24.3 Å². The molecule has 0 aliphatic carbocycles. The molecule has 0 saturated heterocycles. The second kappa shape index (κ2) is 5.64. The fraction of sp³-hybridized carbons (Fsp3) is 0.286. The predicted octanol–water partition coefficient (Wildman–Crippen LogP) is 3.31. The van der Waals surface area contributed by atoms with Gasteiger partial charge in [0.2, 0.25) is 0 Å². The molecule has 0 bridgehead atoms. The van der Waals surface area contributed by atoms with Crippen molar-refractivity contribution in [3.05, 3.63) is 35.4 Å². The van der Waals surface area contributed by atoms with E-state index in [2.05, 4.69) is 0 Å². The molecule has 0 aromatic heterocycles. The Morgan fingerprint density at radius 1 is 1.16 bits per heavy atom. The normalized spacial score (nSPS) is 12.6. The number of rotatable bonds is 4. The highest BCUT2D eigenvalue weighted by Crippen LogP contribution is 2.41. The number of hydrogen-bond donors (Lipinski definition) is 2. The highest BCUT2D eigenvalue weighted by atomic mass is 31.1. The third kappa shape index (κ3) is 2.46. The van der Waals surface area contributed by atoms with Crippen molar-refractivity contribution in [2.75, 3.05) is 5.73 Å². The summed E-state index contributed by atoms with van der Waals surface area (Å²) >= 11 is 0. The van der Waals surface area contributed by atoms with Crippen molar-refractivity contribution in [2.45, 2.75) is 26.7 Å². The maximum Gasteiger partial charge on any atom is 0.365 e. The van der Waals surface area contributed by atoms with Crippen LogP contribution in [0.4, 0.5) is 5.69 Å². The van der Waals surface area contributed by atoms with Gasteiger partial charge < -0.3 is 15.2 Å². The van der Waals surface area contributed by atoms with E-state index in [4.69, 9.17) is 15.2 Å². The van der Waals surface area contributed by atoms with Crippen molar-refractivity contribution in [3.8, 4) is 5.75 Å². The molecule has 1 atom stereocenters.